The number of rotatable bonds is 4. The van der Waals surface area contributed by atoms with Crippen molar-refractivity contribution < 1.29 is 9.63 Å². The number of hydrogen-bond acceptors (Lipinski definition) is 5. The van der Waals surface area contributed by atoms with Gasteiger partial charge in [0.2, 0.25) is 0 Å². The fraction of sp³-hybridized carbons (Fsp3) is 0.571. The molecule has 1 aromatic heterocycles. The van der Waals surface area contributed by atoms with Crippen molar-refractivity contribution in [1.82, 2.24) is 5.16 Å². The molecular weight excluding hydrogens is 176 g/mol. The second-order valence-corrected chi connectivity index (χ2v) is 3.46. The Hall–Kier alpha value is -0.680. The molecule has 5 heteroatoms. The van der Waals surface area contributed by atoms with Crippen molar-refractivity contribution in [1.29, 1.82) is 0 Å². The van der Waals surface area contributed by atoms with E-state index in [1.165, 1.54) is 6.07 Å². The largest absolute Gasteiger partial charge is 0.491 e. The van der Waals surface area contributed by atoms with Gasteiger partial charge in [0.15, 0.2) is 5.76 Å². The molecular formula is C7H12N2O2S. The van der Waals surface area contributed by atoms with Gasteiger partial charge in [-0.15, -0.1) is 0 Å². The van der Waals surface area contributed by atoms with Gasteiger partial charge in [0.05, 0.1) is 6.04 Å². The average molecular weight is 188 g/mol. The van der Waals surface area contributed by atoms with Gasteiger partial charge in [-0.2, -0.15) is 11.8 Å². The maximum Gasteiger partial charge on any atom is 0.251 e. The van der Waals surface area contributed by atoms with Crippen LogP contribution in [0, 0.1) is 0 Å². The van der Waals surface area contributed by atoms with E-state index >= 15 is 0 Å². The molecule has 0 saturated heterocycles. The van der Waals surface area contributed by atoms with E-state index < -0.39 is 0 Å². The number of aromatic hydroxyl groups is 1. The quantitative estimate of drug-likeness (QED) is 0.741. The Labute approximate surface area is 75.1 Å². The number of nitrogens with zero attached hydrogens (tertiary/aromatic N) is 1. The maximum atomic E-state index is 8.86. The summed E-state index contributed by atoms with van der Waals surface area (Å²) in [6.45, 7) is 0. The summed E-state index contributed by atoms with van der Waals surface area (Å²) in [6.07, 6.45) is 2.85. The molecule has 0 bridgehead atoms. The zero-order chi connectivity index (χ0) is 8.97. The van der Waals surface area contributed by atoms with Crippen molar-refractivity contribution in [3.63, 3.8) is 0 Å². The molecule has 3 N–H and O–H groups in total. The molecule has 0 aliphatic heterocycles. The minimum atomic E-state index is -0.161. The van der Waals surface area contributed by atoms with E-state index in [0.29, 0.717) is 5.76 Å². The summed E-state index contributed by atoms with van der Waals surface area (Å²) in [5, 5.41) is 12.2. The van der Waals surface area contributed by atoms with Crippen LogP contribution in [0.1, 0.15) is 18.2 Å². The van der Waals surface area contributed by atoms with Crippen molar-refractivity contribution in [2.75, 3.05) is 12.0 Å². The summed E-state index contributed by atoms with van der Waals surface area (Å²) >= 11 is 1.73. The Morgan fingerprint density at radius 3 is 3.08 bits per heavy atom. The first-order valence-electron chi connectivity index (χ1n) is 3.64. The zero-order valence-electron chi connectivity index (χ0n) is 6.86. The van der Waals surface area contributed by atoms with Crippen molar-refractivity contribution in [2.24, 2.45) is 5.73 Å². The normalized spacial score (nSPS) is 13.2. The lowest BCUT2D eigenvalue weighted by atomic mass is 10.2. The molecule has 0 fully saturated rings. The number of hydrogen-bond donors (Lipinski definition) is 2. The van der Waals surface area contributed by atoms with Gasteiger partial charge < -0.3 is 15.4 Å². The SMILES string of the molecule is CSCCC(N)c1cc(O)no1. The highest BCUT2D eigenvalue weighted by molar-refractivity contribution is 7.98. The van der Waals surface area contributed by atoms with Crippen molar-refractivity contribution in [2.45, 2.75) is 12.5 Å². The van der Waals surface area contributed by atoms with E-state index in [9.17, 15) is 0 Å². The molecule has 1 atom stereocenters. The first kappa shape index (κ1) is 9.41. The molecule has 0 amide bonds. The third-order valence-corrected chi connectivity index (χ3v) is 2.16. The van der Waals surface area contributed by atoms with Gasteiger partial charge in [-0.25, -0.2) is 0 Å². The zero-order valence-corrected chi connectivity index (χ0v) is 7.67. The second-order valence-electron chi connectivity index (χ2n) is 2.48. The molecule has 0 aromatic carbocycles. The van der Waals surface area contributed by atoms with Crippen LogP contribution in [0.5, 0.6) is 5.88 Å². The van der Waals surface area contributed by atoms with Crippen LogP contribution in [0.2, 0.25) is 0 Å². The standard InChI is InChI=1S/C7H12N2O2S/c1-12-3-2-5(8)6-4-7(10)9-11-6/h4-5H,2-3,8H2,1H3,(H,9,10). The highest BCUT2D eigenvalue weighted by atomic mass is 32.2. The summed E-state index contributed by atoms with van der Waals surface area (Å²) in [7, 11) is 0. The maximum absolute atomic E-state index is 8.86. The van der Waals surface area contributed by atoms with Gasteiger partial charge in [-0.3, -0.25) is 0 Å². The Bertz CT molecular complexity index is 239. The first-order chi connectivity index (χ1) is 5.74. The molecule has 1 aromatic rings. The molecule has 4 nitrogen and oxygen atoms in total. The molecule has 0 aliphatic rings. The summed E-state index contributed by atoms with van der Waals surface area (Å²) < 4.78 is 4.79. The molecule has 0 aliphatic carbocycles. The Kier molecular flexibility index (Phi) is 3.43. The average Bonchev–Trinajstić information content (AvgIpc) is 2.47. The number of thioether (sulfide) groups is 1. The lowest BCUT2D eigenvalue weighted by Crippen LogP contribution is -2.09. The van der Waals surface area contributed by atoms with Gasteiger partial charge >= 0.3 is 0 Å². The summed E-state index contributed by atoms with van der Waals surface area (Å²) in [5.74, 6) is 1.41. The predicted molar refractivity (Wildman–Crippen MR) is 48.1 cm³/mol. The molecule has 0 spiro atoms. The monoisotopic (exact) mass is 188 g/mol. The van der Waals surface area contributed by atoms with Gasteiger partial charge in [-0.05, 0) is 23.6 Å². The lowest BCUT2D eigenvalue weighted by Gasteiger charge is -2.04. The third-order valence-electron chi connectivity index (χ3n) is 1.51. The lowest BCUT2D eigenvalue weighted by molar-refractivity contribution is 0.328. The molecule has 1 rings (SSSR count). The van der Waals surface area contributed by atoms with E-state index in [-0.39, 0.29) is 11.9 Å². The van der Waals surface area contributed by atoms with Gasteiger partial charge in [0, 0.05) is 6.07 Å². The minimum absolute atomic E-state index is 0.107. The van der Waals surface area contributed by atoms with Crippen LogP contribution in [0.4, 0.5) is 0 Å². The van der Waals surface area contributed by atoms with Gasteiger partial charge in [-0.1, -0.05) is 0 Å². The summed E-state index contributed by atoms with van der Waals surface area (Å²) in [5.41, 5.74) is 5.74. The van der Waals surface area contributed by atoms with Gasteiger partial charge in [0.25, 0.3) is 5.88 Å². The highest BCUT2D eigenvalue weighted by Crippen LogP contribution is 2.19. The molecule has 68 valence electrons. The van der Waals surface area contributed by atoms with Crippen molar-refractivity contribution in [3.8, 4) is 5.88 Å². The number of aromatic nitrogens is 1. The van der Waals surface area contributed by atoms with Crippen LogP contribution in [-0.2, 0) is 0 Å². The Morgan fingerprint density at radius 2 is 2.58 bits per heavy atom. The van der Waals surface area contributed by atoms with Crippen LogP contribution >= 0.6 is 11.8 Å². The topological polar surface area (TPSA) is 72.3 Å². The van der Waals surface area contributed by atoms with Crippen LogP contribution in [0.25, 0.3) is 0 Å². The highest BCUT2D eigenvalue weighted by Gasteiger charge is 2.11. The minimum Gasteiger partial charge on any atom is -0.491 e. The smallest absolute Gasteiger partial charge is 0.251 e. The van der Waals surface area contributed by atoms with E-state index in [0.717, 1.165) is 12.2 Å². The summed E-state index contributed by atoms with van der Waals surface area (Å²) in [6, 6.07) is 1.29. The second kappa shape index (κ2) is 4.37. The van der Waals surface area contributed by atoms with Crippen molar-refractivity contribution >= 4 is 11.8 Å². The van der Waals surface area contributed by atoms with Crippen LogP contribution in [0.15, 0.2) is 10.6 Å². The molecule has 1 heterocycles. The summed E-state index contributed by atoms with van der Waals surface area (Å²) in [4.78, 5) is 0. The fourth-order valence-electron chi connectivity index (χ4n) is 0.841. The molecule has 0 saturated carbocycles. The third kappa shape index (κ3) is 2.42. The van der Waals surface area contributed by atoms with Crippen LogP contribution < -0.4 is 5.73 Å². The number of nitrogens with two attached hydrogens (primary N) is 1. The molecule has 12 heavy (non-hydrogen) atoms. The van der Waals surface area contributed by atoms with Crippen LogP contribution in [0.3, 0.4) is 0 Å². The predicted octanol–water partition coefficient (Wildman–Crippen LogP) is 1.13. The van der Waals surface area contributed by atoms with Crippen LogP contribution in [-0.4, -0.2) is 22.3 Å². The Balaban J connectivity index is 2.47. The van der Waals surface area contributed by atoms with E-state index in [1.807, 2.05) is 6.26 Å². The molecule has 1 unspecified atom stereocenters. The van der Waals surface area contributed by atoms with E-state index in [4.69, 9.17) is 15.4 Å². The van der Waals surface area contributed by atoms with Gasteiger partial charge in [0.1, 0.15) is 0 Å². The van der Waals surface area contributed by atoms with Crippen molar-refractivity contribution in [3.05, 3.63) is 11.8 Å². The first-order valence-corrected chi connectivity index (χ1v) is 5.03. The fourth-order valence-corrected chi connectivity index (χ4v) is 1.33. The van der Waals surface area contributed by atoms with E-state index in [1.54, 1.807) is 11.8 Å². The Morgan fingerprint density at radius 1 is 1.83 bits per heavy atom. The van der Waals surface area contributed by atoms with E-state index in [2.05, 4.69) is 5.16 Å². The molecule has 0 radical (unpaired) electrons.